The third-order valence-electron chi connectivity index (χ3n) is 1.93. The van der Waals surface area contributed by atoms with Crippen molar-refractivity contribution in [2.45, 2.75) is 32.4 Å². The van der Waals surface area contributed by atoms with Gasteiger partial charge < -0.3 is 9.47 Å². The molecule has 1 aliphatic rings. The van der Waals surface area contributed by atoms with Gasteiger partial charge in [-0.25, -0.2) is 4.79 Å². The lowest BCUT2D eigenvalue weighted by Gasteiger charge is -2.40. The summed E-state index contributed by atoms with van der Waals surface area (Å²) in [5, 5.41) is 3.18. The Labute approximate surface area is 78.6 Å². The SMILES string of the molecule is CCOC(=O)C1(NC(C)C)COC1. The van der Waals surface area contributed by atoms with E-state index < -0.39 is 5.54 Å². The zero-order valence-corrected chi connectivity index (χ0v) is 8.42. The standard InChI is InChI=1S/C9H17NO3/c1-4-13-8(11)9(5-12-6-9)10-7(2)3/h7,10H,4-6H2,1-3H3. The van der Waals surface area contributed by atoms with Gasteiger partial charge in [-0.2, -0.15) is 0 Å². The quantitative estimate of drug-likeness (QED) is 0.644. The molecule has 0 amide bonds. The maximum absolute atomic E-state index is 11.5. The number of hydrogen-bond donors (Lipinski definition) is 1. The van der Waals surface area contributed by atoms with E-state index in [2.05, 4.69) is 5.32 Å². The van der Waals surface area contributed by atoms with Gasteiger partial charge in [0.05, 0.1) is 19.8 Å². The smallest absolute Gasteiger partial charge is 0.331 e. The van der Waals surface area contributed by atoms with E-state index in [-0.39, 0.29) is 12.0 Å². The molecule has 1 rings (SSSR count). The minimum atomic E-state index is -0.579. The lowest BCUT2D eigenvalue weighted by molar-refractivity contribution is -0.173. The highest BCUT2D eigenvalue weighted by Crippen LogP contribution is 2.19. The first-order valence-corrected chi connectivity index (χ1v) is 4.63. The van der Waals surface area contributed by atoms with Crippen LogP contribution in [0.3, 0.4) is 0 Å². The number of carbonyl (C=O) groups is 1. The molecule has 1 aliphatic heterocycles. The summed E-state index contributed by atoms with van der Waals surface area (Å²) in [5.41, 5.74) is -0.579. The molecular formula is C9H17NO3. The summed E-state index contributed by atoms with van der Waals surface area (Å²) in [7, 11) is 0. The van der Waals surface area contributed by atoms with Gasteiger partial charge in [0.25, 0.3) is 0 Å². The molecule has 1 saturated heterocycles. The van der Waals surface area contributed by atoms with E-state index in [0.717, 1.165) is 0 Å². The fourth-order valence-electron chi connectivity index (χ4n) is 1.39. The maximum atomic E-state index is 11.5. The van der Waals surface area contributed by atoms with Gasteiger partial charge in [0.1, 0.15) is 0 Å². The number of carbonyl (C=O) groups excluding carboxylic acids is 1. The second-order valence-electron chi connectivity index (χ2n) is 3.59. The van der Waals surface area contributed by atoms with Crippen molar-refractivity contribution in [3.63, 3.8) is 0 Å². The minimum Gasteiger partial charge on any atom is -0.464 e. The van der Waals surface area contributed by atoms with Crippen LogP contribution in [0.4, 0.5) is 0 Å². The second kappa shape index (κ2) is 4.07. The van der Waals surface area contributed by atoms with E-state index in [0.29, 0.717) is 19.8 Å². The van der Waals surface area contributed by atoms with E-state index in [9.17, 15) is 4.79 Å². The largest absolute Gasteiger partial charge is 0.464 e. The second-order valence-corrected chi connectivity index (χ2v) is 3.59. The molecule has 1 heterocycles. The van der Waals surface area contributed by atoms with Crippen LogP contribution in [0.25, 0.3) is 0 Å². The molecule has 1 N–H and O–H groups in total. The Morgan fingerprint density at radius 3 is 2.54 bits per heavy atom. The summed E-state index contributed by atoms with van der Waals surface area (Å²) in [6.07, 6.45) is 0. The number of hydrogen-bond acceptors (Lipinski definition) is 4. The monoisotopic (exact) mass is 187 g/mol. The van der Waals surface area contributed by atoms with Gasteiger partial charge >= 0.3 is 5.97 Å². The van der Waals surface area contributed by atoms with Crippen molar-refractivity contribution in [2.24, 2.45) is 0 Å². The predicted octanol–water partition coefficient (Wildman–Crippen LogP) is 0.316. The summed E-state index contributed by atoms with van der Waals surface area (Å²) in [4.78, 5) is 11.5. The van der Waals surface area contributed by atoms with Gasteiger partial charge in [-0.15, -0.1) is 0 Å². The summed E-state index contributed by atoms with van der Waals surface area (Å²) in [6.45, 7) is 7.06. The molecule has 0 aromatic rings. The van der Waals surface area contributed by atoms with Crippen molar-refractivity contribution >= 4 is 5.97 Å². The number of ether oxygens (including phenoxy) is 2. The van der Waals surface area contributed by atoms with Crippen molar-refractivity contribution in [2.75, 3.05) is 19.8 Å². The highest BCUT2D eigenvalue weighted by atomic mass is 16.6. The molecule has 0 atom stereocenters. The van der Waals surface area contributed by atoms with Gasteiger partial charge in [-0.1, -0.05) is 0 Å². The van der Waals surface area contributed by atoms with Crippen molar-refractivity contribution in [3.05, 3.63) is 0 Å². The van der Waals surface area contributed by atoms with Crippen molar-refractivity contribution < 1.29 is 14.3 Å². The Hall–Kier alpha value is -0.610. The van der Waals surface area contributed by atoms with Crippen LogP contribution in [0, 0.1) is 0 Å². The number of rotatable bonds is 4. The van der Waals surface area contributed by atoms with Crippen LogP contribution in [-0.4, -0.2) is 37.4 Å². The summed E-state index contributed by atoms with van der Waals surface area (Å²) in [6, 6.07) is 0.258. The molecule has 4 nitrogen and oxygen atoms in total. The average molecular weight is 187 g/mol. The molecular weight excluding hydrogens is 170 g/mol. The lowest BCUT2D eigenvalue weighted by atomic mass is 9.96. The molecule has 4 heteroatoms. The highest BCUT2D eigenvalue weighted by Gasteiger charge is 2.47. The van der Waals surface area contributed by atoms with E-state index in [4.69, 9.17) is 9.47 Å². The molecule has 0 aliphatic carbocycles. The molecule has 0 saturated carbocycles. The Bertz CT molecular complexity index is 187. The van der Waals surface area contributed by atoms with Crippen LogP contribution < -0.4 is 5.32 Å². The average Bonchev–Trinajstić information content (AvgIpc) is 1.96. The highest BCUT2D eigenvalue weighted by molar-refractivity contribution is 5.82. The first-order chi connectivity index (χ1) is 6.10. The Morgan fingerprint density at radius 2 is 2.23 bits per heavy atom. The topological polar surface area (TPSA) is 47.6 Å². The lowest BCUT2D eigenvalue weighted by Crippen LogP contribution is -2.67. The number of nitrogens with one attached hydrogen (secondary N) is 1. The Kier molecular flexibility index (Phi) is 3.27. The molecule has 76 valence electrons. The fourth-order valence-corrected chi connectivity index (χ4v) is 1.39. The molecule has 0 radical (unpaired) electrons. The van der Waals surface area contributed by atoms with Gasteiger partial charge in [0.15, 0.2) is 5.54 Å². The third kappa shape index (κ3) is 2.19. The van der Waals surface area contributed by atoms with Gasteiger partial charge in [0, 0.05) is 6.04 Å². The van der Waals surface area contributed by atoms with Crippen LogP contribution in [0.15, 0.2) is 0 Å². The zero-order valence-electron chi connectivity index (χ0n) is 8.42. The predicted molar refractivity (Wildman–Crippen MR) is 48.5 cm³/mol. The first-order valence-electron chi connectivity index (χ1n) is 4.63. The Balaban J connectivity index is 2.53. The third-order valence-corrected chi connectivity index (χ3v) is 1.93. The summed E-state index contributed by atoms with van der Waals surface area (Å²) < 4.78 is 10.0. The van der Waals surface area contributed by atoms with Crippen LogP contribution in [-0.2, 0) is 14.3 Å². The van der Waals surface area contributed by atoms with Crippen LogP contribution >= 0.6 is 0 Å². The molecule has 1 fully saturated rings. The van der Waals surface area contributed by atoms with E-state index in [1.807, 2.05) is 13.8 Å². The molecule has 0 spiro atoms. The van der Waals surface area contributed by atoms with Crippen LogP contribution in [0.1, 0.15) is 20.8 Å². The molecule has 0 aromatic carbocycles. The van der Waals surface area contributed by atoms with Crippen LogP contribution in [0.5, 0.6) is 0 Å². The minimum absolute atomic E-state index is 0.199. The first kappa shape index (κ1) is 10.5. The van der Waals surface area contributed by atoms with Gasteiger partial charge in [0.2, 0.25) is 0 Å². The van der Waals surface area contributed by atoms with E-state index in [1.165, 1.54) is 0 Å². The van der Waals surface area contributed by atoms with Crippen molar-refractivity contribution in [1.29, 1.82) is 0 Å². The molecule has 0 unspecified atom stereocenters. The Morgan fingerprint density at radius 1 is 1.62 bits per heavy atom. The van der Waals surface area contributed by atoms with Crippen LogP contribution in [0.2, 0.25) is 0 Å². The zero-order chi connectivity index (χ0) is 9.90. The number of esters is 1. The summed E-state index contributed by atoms with van der Waals surface area (Å²) in [5.74, 6) is -0.199. The van der Waals surface area contributed by atoms with E-state index >= 15 is 0 Å². The molecule has 0 aromatic heterocycles. The van der Waals surface area contributed by atoms with Gasteiger partial charge in [-0.05, 0) is 20.8 Å². The molecule has 13 heavy (non-hydrogen) atoms. The fraction of sp³-hybridized carbons (Fsp3) is 0.889. The van der Waals surface area contributed by atoms with E-state index in [1.54, 1.807) is 6.92 Å². The van der Waals surface area contributed by atoms with Crippen molar-refractivity contribution in [1.82, 2.24) is 5.32 Å². The van der Waals surface area contributed by atoms with Crippen molar-refractivity contribution in [3.8, 4) is 0 Å². The summed E-state index contributed by atoms with van der Waals surface area (Å²) >= 11 is 0. The molecule has 0 bridgehead atoms. The maximum Gasteiger partial charge on any atom is 0.331 e. The van der Waals surface area contributed by atoms with Gasteiger partial charge in [-0.3, -0.25) is 5.32 Å². The normalized spacial score (nSPS) is 19.7.